The van der Waals surface area contributed by atoms with Crippen LogP contribution in [-0.4, -0.2) is 115 Å². The van der Waals surface area contributed by atoms with Gasteiger partial charge in [0.05, 0.1) is 26.2 Å². The lowest BCUT2D eigenvalue weighted by atomic mass is 10.0. The Morgan fingerprint density at radius 1 is 0.517 bits per heavy atom. The number of hydrogen-bond acceptors (Lipinski definition) is 8. The van der Waals surface area contributed by atoms with E-state index in [0.717, 1.165) is 0 Å². The monoisotopic (exact) mass is 422 g/mol. The van der Waals surface area contributed by atoms with Gasteiger partial charge in [-0.2, -0.15) is 0 Å². The maximum absolute atomic E-state index is 11.4. The lowest BCUT2D eigenvalue weighted by Crippen LogP contribution is -2.48. The standard InChI is InChI=1S/C15H22N2O12/c18-10(19)4-16(5-11(20)21)8(14(26)27)2-1-3-9(15(28)29)17(6-12(22)23)7-13(24)25/h8-9H,1-7H2,(H,18,19)(H,20,21)(H,22,23)(H,24,25)(H,26,27)(H,28,29). The summed E-state index contributed by atoms with van der Waals surface area (Å²) in [5.74, 6) is -8.89. The normalized spacial score (nSPS) is 13.0. The van der Waals surface area contributed by atoms with Gasteiger partial charge in [0.1, 0.15) is 12.1 Å². The highest BCUT2D eigenvalue weighted by atomic mass is 16.4. The second kappa shape index (κ2) is 12.2. The van der Waals surface area contributed by atoms with Gasteiger partial charge in [-0.25, -0.2) is 0 Å². The van der Waals surface area contributed by atoms with Crippen molar-refractivity contribution in [2.24, 2.45) is 0 Å². The number of hydrogen-bond donors (Lipinski definition) is 6. The van der Waals surface area contributed by atoms with E-state index < -0.39 is 74.1 Å². The molecule has 29 heavy (non-hydrogen) atoms. The molecule has 0 aromatic rings. The van der Waals surface area contributed by atoms with Gasteiger partial charge < -0.3 is 30.6 Å². The first-order valence-electron chi connectivity index (χ1n) is 8.16. The number of aliphatic carboxylic acids is 6. The Hall–Kier alpha value is -3.26. The van der Waals surface area contributed by atoms with Crippen LogP contribution < -0.4 is 0 Å². The van der Waals surface area contributed by atoms with Crippen LogP contribution in [0, 0.1) is 0 Å². The summed E-state index contributed by atoms with van der Waals surface area (Å²) in [4.78, 5) is 67.7. The van der Waals surface area contributed by atoms with Gasteiger partial charge in [-0.3, -0.25) is 38.6 Å². The molecule has 0 saturated carbocycles. The summed E-state index contributed by atoms with van der Waals surface area (Å²) in [7, 11) is 0. The van der Waals surface area contributed by atoms with Crippen molar-refractivity contribution in [3.05, 3.63) is 0 Å². The molecule has 164 valence electrons. The van der Waals surface area contributed by atoms with Crippen molar-refractivity contribution in [2.75, 3.05) is 26.2 Å². The topological polar surface area (TPSA) is 230 Å². The zero-order valence-electron chi connectivity index (χ0n) is 15.1. The van der Waals surface area contributed by atoms with E-state index >= 15 is 0 Å². The molecule has 0 heterocycles. The van der Waals surface area contributed by atoms with E-state index in [1.54, 1.807) is 0 Å². The predicted octanol–water partition coefficient (Wildman–Crippen LogP) is -1.99. The molecule has 2 unspecified atom stereocenters. The molecular formula is C15H22N2O12. The molecule has 14 nitrogen and oxygen atoms in total. The number of carboxylic acid groups (broad SMARTS) is 6. The van der Waals surface area contributed by atoms with Gasteiger partial charge in [-0.1, -0.05) is 0 Å². The van der Waals surface area contributed by atoms with Crippen LogP contribution in [0.2, 0.25) is 0 Å². The van der Waals surface area contributed by atoms with Crippen LogP contribution in [0.25, 0.3) is 0 Å². The van der Waals surface area contributed by atoms with E-state index in [0.29, 0.717) is 9.80 Å². The largest absolute Gasteiger partial charge is 0.480 e. The van der Waals surface area contributed by atoms with Crippen LogP contribution in [0.15, 0.2) is 0 Å². The maximum atomic E-state index is 11.4. The third kappa shape index (κ3) is 10.6. The van der Waals surface area contributed by atoms with Crippen molar-refractivity contribution in [3.8, 4) is 0 Å². The van der Waals surface area contributed by atoms with Crippen molar-refractivity contribution in [1.29, 1.82) is 0 Å². The van der Waals surface area contributed by atoms with Crippen molar-refractivity contribution < 1.29 is 59.4 Å². The van der Waals surface area contributed by atoms with Crippen LogP contribution in [0.3, 0.4) is 0 Å². The molecule has 0 rings (SSSR count). The summed E-state index contributed by atoms with van der Waals surface area (Å²) in [6, 6.07) is -3.10. The second-order valence-electron chi connectivity index (χ2n) is 6.02. The molecule has 0 saturated heterocycles. The van der Waals surface area contributed by atoms with Gasteiger partial charge in [0.25, 0.3) is 0 Å². The molecule has 0 amide bonds. The lowest BCUT2D eigenvalue weighted by Gasteiger charge is -2.28. The summed E-state index contributed by atoms with van der Waals surface area (Å²) in [5, 5.41) is 53.9. The molecule has 0 fully saturated rings. The second-order valence-corrected chi connectivity index (χ2v) is 6.02. The highest BCUT2D eigenvalue weighted by Gasteiger charge is 2.32. The molecular weight excluding hydrogens is 400 g/mol. The van der Waals surface area contributed by atoms with E-state index in [9.17, 15) is 39.0 Å². The van der Waals surface area contributed by atoms with Crippen molar-refractivity contribution in [1.82, 2.24) is 9.80 Å². The molecule has 0 aromatic heterocycles. The highest BCUT2D eigenvalue weighted by Crippen LogP contribution is 2.15. The smallest absolute Gasteiger partial charge is 0.320 e. The summed E-state index contributed by atoms with van der Waals surface area (Å²) >= 11 is 0. The molecule has 6 N–H and O–H groups in total. The Morgan fingerprint density at radius 3 is 0.931 bits per heavy atom. The van der Waals surface area contributed by atoms with Crippen molar-refractivity contribution in [3.63, 3.8) is 0 Å². The Morgan fingerprint density at radius 2 is 0.759 bits per heavy atom. The molecule has 14 heteroatoms. The SMILES string of the molecule is O=C(O)CN(CC(=O)O)C(CCCC(C(=O)O)N(CC(=O)O)CC(=O)O)C(=O)O. The van der Waals surface area contributed by atoms with E-state index in [-0.39, 0.29) is 19.3 Å². The van der Waals surface area contributed by atoms with Crippen molar-refractivity contribution >= 4 is 35.8 Å². The van der Waals surface area contributed by atoms with Crippen LogP contribution in [0.5, 0.6) is 0 Å². The van der Waals surface area contributed by atoms with Gasteiger partial charge in [-0.05, 0) is 19.3 Å². The molecule has 0 bridgehead atoms. The predicted molar refractivity (Wildman–Crippen MR) is 90.4 cm³/mol. The average Bonchev–Trinajstić information content (AvgIpc) is 2.50. The minimum Gasteiger partial charge on any atom is -0.480 e. The van der Waals surface area contributed by atoms with E-state index in [1.807, 2.05) is 0 Å². The number of nitrogens with zero attached hydrogens (tertiary/aromatic N) is 2. The molecule has 0 aliphatic heterocycles. The fourth-order valence-corrected chi connectivity index (χ4v) is 2.68. The van der Waals surface area contributed by atoms with E-state index in [2.05, 4.69) is 0 Å². The van der Waals surface area contributed by atoms with E-state index in [4.69, 9.17) is 20.4 Å². The summed E-state index contributed by atoms with van der Waals surface area (Å²) in [6.45, 7) is -3.52. The van der Waals surface area contributed by atoms with Crippen LogP contribution in [-0.2, 0) is 28.8 Å². The van der Waals surface area contributed by atoms with Gasteiger partial charge >= 0.3 is 35.8 Å². The Bertz CT molecular complexity index is 563. The van der Waals surface area contributed by atoms with Gasteiger partial charge in [0.15, 0.2) is 0 Å². The number of carbonyl (C=O) groups is 6. The summed E-state index contributed by atoms with van der Waals surface area (Å²) < 4.78 is 0. The Kier molecular flexibility index (Phi) is 10.9. The van der Waals surface area contributed by atoms with Crippen LogP contribution in [0.4, 0.5) is 0 Å². The zero-order valence-corrected chi connectivity index (χ0v) is 15.1. The lowest BCUT2D eigenvalue weighted by molar-refractivity contribution is -0.151. The van der Waals surface area contributed by atoms with Crippen LogP contribution >= 0.6 is 0 Å². The van der Waals surface area contributed by atoms with Crippen LogP contribution in [0.1, 0.15) is 19.3 Å². The van der Waals surface area contributed by atoms with E-state index in [1.165, 1.54) is 0 Å². The van der Waals surface area contributed by atoms with Gasteiger partial charge in [0.2, 0.25) is 0 Å². The zero-order chi connectivity index (χ0) is 22.7. The van der Waals surface area contributed by atoms with Crippen molar-refractivity contribution in [2.45, 2.75) is 31.3 Å². The van der Waals surface area contributed by atoms with Gasteiger partial charge in [0, 0.05) is 0 Å². The molecule has 0 spiro atoms. The Labute approximate surface area is 163 Å². The third-order valence-electron chi connectivity index (χ3n) is 3.76. The first-order chi connectivity index (χ1) is 13.3. The minimum absolute atomic E-state index is 0.181. The fraction of sp³-hybridized carbons (Fsp3) is 0.600. The molecule has 0 radical (unpaired) electrons. The first kappa shape index (κ1) is 25.7. The molecule has 0 aromatic carbocycles. The fourth-order valence-electron chi connectivity index (χ4n) is 2.68. The molecule has 0 aliphatic carbocycles. The summed E-state index contributed by atoms with van der Waals surface area (Å²) in [6.07, 6.45) is -0.860. The quantitative estimate of drug-likeness (QED) is 0.158. The molecule has 0 aliphatic rings. The highest BCUT2D eigenvalue weighted by molar-refractivity contribution is 5.79. The first-order valence-corrected chi connectivity index (χ1v) is 8.16. The average molecular weight is 422 g/mol. The minimum atomic E-state index is -1.55. The Balaban J connectivity index is 5.29. The maximum Gasteiger partial charge on any atom is 0.320 e. The number of rotatable bonds is 16. The number of carboxylic acids is 6. The third-order valence-corrected chi connectivity index (χ3v) is 3.76. The van der Waals surface area contributed by atoms with Gasteiger partial charge in [-0.15, -0.1) is 0 Å². The molecule has 2 atom stereocenters. The summed E-state index contributed by atoms with van der Waals surface area (Å²) in [5.41, 5.74) is 0.